The number of alkyl carbamates (subject to hydrolysis) is 1. The lowest BCUT2D eigenvalue weighted by Gasteiger charge is -2.14. The van der Waals surface area contributed by atoms with Crippen LogP contribution in [-0.2, 0) is 19.1 Å². The molecule has 0 spiro atoms. The van der Waals surface area contributed by atoms with Crippen molar-refractivity contribution < 1.29 is 29.0 Å². The minimum absolute atomic E-state index is 0.0141. The molecule has 1 heterocycles. The third-order valence-corrected chi connectivity index (χ3v) is 6.28. The summed E-state index contributed by atoms with van der Waals surface area (Å²) >= 11 is 0. The van der Waals surface area contributed by atoms with Crippen LogP contribution in [0.15, 0.2) is 60.2 Å². The number of carbonyl (C=O) groups is 3. The zero-order chi connectivity index (χ0) is 24.1. The van der Waals surface area contributed by atoms with Gasteiger partial charge in [-0.2, -0.15) is 0 Å². The molecule has 3 N–H and O–H groups in total. The second kappa shape index (κ2) is 10.5. The Morgan fingerprint density at radius 3 is 2.32 bits per heavy atom. The SMILES string of the molecule is C/C(=C\CNC(=O)OCC1c2ccccc2-c2ccccc21)C(=O)NC[C@@H]1C[C@H](C(=O)O)CO1. The van der Waals surface area contributed by atoms with Gasteiger partial charge < -0.3 is 25.2 Å². The van der Waals surface area contributed by atoms with Gasteiger partial charge in [-0.1, -0.05) is 54.6 Å². The number of aliphatic carboxylic acids is 1. The van der Waals surface area contributed by atoms with E-state index in [-0.39, 0.29) is 44.2 Å². The van der Waals surface area contributed by atoms with Crippen LogP contribution in [0.5, 0.6) is 0 Å². The molecule has 2 atom stereocenters. The first-order valence-corrected chi connectivity index (χ1v) is 11.3. The fourth-order valence-electron chi connectivity index (χ4n) is 4.40. The molecule has 1 aliphatic carbocycles. The van der Waals surface area contributed by atoms with Gasteiger partial charge >= 0.3 is 12.1 Å². The van der Waals surface area contributed by atoms with Crippen LogP contribution >= 0.6 is 0 Å². The molecule has 1 fully saturated rings. The Balaban J connectivity index is 1.21. The van der Waals surface area contributed by atoms with E-state index in [2.05, 4.69) is 34.9 Å². The molecule has 34 heavy (non-hydrogen) atoms. The van der Waals surface area contributed by atoms with Crippen LogP contribution in [0, 0.1) is 5.92 Å². The normalized spacial score (nSPS) is 19.3. The maximum Gasteiger partial charge on any atom is 0.407 e. The van der Waals surface area contributed by atoms with Crippen molar-refractivity contribution in [3.05, 3.63) is 71.3 Å². The molecule has 178 valence electrons. The van der Waals surface area contributed by atoms with E-state index in [4.69, 9.17) is 14.6 Å². The van der Waals surface area contributed by atoms with Crippen molar-refractivity contribution in [1.29, 1.82) is 0 Å². The minimum Gasteiger partial charge on any atom is -0.481 e. The number of benzene rings is 2. The summed E-state index contributed by atoms with van der Waals surface area (Å²) in [4.78, 5) is 35.4. The summed E-state index contributed by atoms with van der Waals surface area (Å²) in [5.41, 5.74) is 5.05. The second-order valence-electron chi connectivity index (χ2n) is 8.53. The van der Waals surface area contributed by atoms with Crippen LogP contribution in [0.3, 0.4) is 0 Å². The van der Waals surface area contributed by atoms with Crippen molar-refractivity contribution >= 4 is 18.0 Å². The van der Waals surface area contributed by atoms with Crippen LogP contribution in [-0.4, -0.2) is 55.5 Å². The number of fused-ring (bicyclic) bond motifs is 3. The molecule has 8 heteroatoms. The van der Waals surface area contributed by atoms with E-state index in [1.807, 2.05) is 24.3 Å². The van der Waals surface area contributed by atoms with E-state index >= 15 is 0 Å². The van der Waals surface area contributed by atoms with Crippen LogP contribution in [0.4, 0.5) is 4.79 Å². The summed E-state index contributed by atoms with van der Waals surface area (Å²) in [5, 5.41) is 14.4. The van der Waals surface area contributed by atoms with Crippen molar-refractivity contribution in [2.24, 2.45) is 5.92 Å². The van der Waals surface area contributed by atoms with Crippen LogP contribution in [0.1, 0.15) is 30.4 Å². The topological polar surface area (TPSA) is 114 Å². The van der Waals surface area contributed by atoms with Crippen molar-refractivity contribution in [3.63, 3.8) is 0 Å². The first-order chi connectivity index (χ1) is 16.4. The molecular weight excluding hydrogens is 436 g/mol. The highest BCUT2D eigenvalue weighted by molar-refractivity contribution is 5.92. The maximum atomic E-state index is 12.2. The molecule has 2 aromatic carbocycles. The second-order valence-corrected chi connectivity index (χ2v) is 8.53. The molecule has 0 bridgehead atoms. The van der Waals surface area contributed by atoms with E-state index < -0.39 is 18.0 Å². The average molecular weight is 465 g/mol. The predicted octanol–water partition coefficient (Wildman–Crippen LogP) is 3.08. The molecule has 0 unspecified atom stereocenters. The Kier molecular flexibility index (Phi) is 7.27. The number of ether oxygens (including phenoxy) is 2. The largest absolute Gasteiger partial charge is 0.481 e. The Morgan fingerprint density at radius 1 is 1.06 bits per heavy atom. The highest BCUT2D eigenvalue weighted by atomic mass is 16.5. The third-order valence-electron chi connectivity index (χ3n) is 6.28. The molecule has 1 saturated heterocycles. The number of carboxylic acids is 1. The molecule has 2 aromatic rings. The molecule has 4 rings (SSSR count). The van der Waals surface area contributed by atoms with Gasteiger partial charge in [-0.05, 0) is 35.6 Å². The monoisotopic (exact) mass is 464 g/mol. The quantitative estimate of drug-likeness (QED) is 0.518. The van der Waals surface area contributed by atoms with E-state index in [1.165, 1.54) is 0 Å². The lowest BCUT2D eigenvalue weighted by Crippen LogP contribution is -2.33. The van der Waals surface area contributed by atoms with Gasteiger partial charge in [0.25, 0.3) is 0 Å². The lowest BCUT2D eigenvalue weighted by molar-refractivity contribution is -0.141. The van der Waals surface area contributed by atoms with Gasteiger partial charge in [-0.25, -0.2) is 4.79 Å². The van der Waals surface area contributed by atoms with Gasteiger partial charge in [-0.3, -0.25) is 9.59 Å². The fourth-order valence-corrected chi connectivity index (χ4v) is 4.40. The van der Waals surface area contributed by atoms with Crippen LogP contribution < -0.4 is 10.6 Å². The zero-order valence-electron chi connectivity index (χ0n) is 19.0. The van der Waals surface area contributed by atoms with E-state index in [1.54, 1.807) is 13.0 Å². The van der Waals surface area contributed by atoms with E-state index in [0.29, 0.717) is 12.0 Å². The smallest absolute Gasteiger partial charge is 0.407 e. The molecule has 8 nitrogen and oxygen atoms in total. The highest BCUT2D eigenvalue weighted by Crippen LogP contribution is 2.44. The van der Waals surface area contributed by atoms with Crippen molar-refractivity contribution in [3.8, 4) is 11.1 Å². The molecule has 0 radical (unpaired) electrons. The molecule has 0 saturated carbocycles. The Bertz CT molecular complexity index is 1070. The van der Waals surface area contributed by atoms with Gasteiger partial charge in [0.05, 0.1) is 18.6 Å². The minimum atomic E-state index is -0.885. The highest BCUT2D eigenvalue weighted by Gasteiger charge is 2.31. The number of nitrogens with one attached hydrogen (secondary N) is 2. The Hall–Kier alpha value is -3.65. The molecular formula is C26H28N2O6. The van der Waals surface area contributed by atoms with Crippen molar-refractivity contribution in [2.45, 2.75) is 25.4 Å². The van der Waals surface area contributed by atoms with Gasteiger partial charge in [0.15, 0.2) is 0 Å². The number of rotatable bonds is 8. The standard InChI is InChI=1S/C26H28N2O6/c1-16(24(29)28-13-18-12-17(14-33-18)25(30)31)10-11-27-26(32)34-15-23-21-8-4-2-6-19(21)20-7-3-5-9-22(20)23/h2-10,17-18,23H,11-15H2,1H3,(H,27,32)(H,28,29)(H,30,31)/b16-10+/t17-,18-/m0/s1. The van der Waals surface area contributed by atoms with Crippen molar-refractivity contribution in [2.75, 3.05) is 26.3 Å². The first-order valence-electron chi connectivity index (χ1n) is 11.3. The first kappa shape index (κ1) is 23.5. The predicted molar refractivity (Wildman–Crippen MR) is 125 cm³/mol. The van der Waals surface area contributed by atoms with Crippen LogP contribution in [0.25, 0.3) is 11.1 Å². The van der Waals surface area contributed by atoms with Crippen LogP contribution in [0.2, 0.25) is 0 Å². The Labute approximate surface area is 198 Å². The zero-order valence-corrected chi connectivity index (χ0v) is 19.0. The van der Waals surface area contributed by atoms with Gasteiger partial charge in [0.2, 0.25) is 5.91 Å². The summed E-state index contributed by atoms with van der Waals surface area (Å²) in [6.07, 6.45) is 1.12. The number of carboxylic acid groups (broad SMARTS) is 1. The number of amides is 2. The van der Waals surface area contributed by atoms with Gasteiger partial charge in [0, 0.05) is 24.6 Å². The fraction of sp³-hybridized carbons (Fsp3) is 0.346. The summed E-state index contributed by atoms with van der Waals surface area (Å²) in [5.74, 6) is -1.72. The lowest BCUT2D eigenvalue weighted by atomic mass is 9.98. The average Bonchev–Trinajstić information content (AvgIpc) is 3.44. The third kappa shape index (κ3) is 5.28. The molecule has 1 aliphatic heterocycles. The van der Waals surface area contributed by atoms with Gasteiger partial charge in [0.1, 0.15) is 6.61 Å². The van der Waals surface area contributed by atoms with Gasteiger partial charge in [-0.15, -0.1) is 0 Å². The van der Waals surface area contributed by atoms with Crippen molar-refractivity contribution in [1.82, 2.24) is 10.6 Å². The van der Waals surface area contributed by atoms with E-state index in [9.17, 15) is 14.4 Å². The molecule has 2 aliphatic rings. The number of carbonyl (C=O) groups excluding carboxylic acids is 2. The van der Waals surface area contributed by atoms with E-state index in [0.717, 1.165) is 22.3 Å². The molecule has 0 aromatic heterocycles. The number of hydrogen-bond donors (Lipinski definition) is 3. The molecule has 2 amide bonds. The summed E-state index contributed by atoms with van der Waals surface area (Å²) in [7, 11) is 0. The summed E-state index contributed by atoms with van der Waals surface area (Å²) in [6, 6.07) is 16.3. The summed E-state index contributed by atoms with van der Waals surface area (Å²) in [6.45, 7) is 2.42. The number of hydrogen-bond acceptors (Lipinski definition) is 5. The maximum absolute atomic E-state index is 12.2. The summed E-state index contributed by atoms with van der Waals surface area (Å²) < 4.78 is 10.9. The Morgan fingerprint density at radius 2 is 1.71 bits per heavy atom.